The van der Waals surface area contributed by atoms with E-state index in [4.69, 9.17) is 5.26 Å². The zero-order valence-electron chi connectivity index (χ0n) is 6.62. The van der Waals surface area contributed by atoms with E-state index in [-0.39, 0.29) is 0 Å². The molecule has 0 radical (unpaired) electrons. The molecule has 0 aromatic carbocycles. The Morgan fingerprint density at radius 2 is 2.23 bits per heavy atom. The Labute approximate surface area is 74.3 Å². The van der Waals surface area contributed by atoms with Gasteiger partial charge in [-0.25, -0.2) is 9.67 Å². The van der Waals surface area contributed by atoms with Gasteiger partial charge >= 0.3 is 0 Å². The maximum atomic E-state index is 8.56. The molecule has 62 valence electrons. The Morgan fingerprint density at radius 1 is 1.31 bits per heavy atom. The Kier molecular flexibility index (Phi) is 1.73. The zero-order chi connectivity index (χ0) is 9.10. The van der Waals surface area contributed by atoms with Crippen LogP contribution < -0.4 is 0 Å². The van der Waals surface area contributed by atoms with Gasteiger partial charge in [0.1, 0.15) is 6.07 Å². The van der Waals surface area contributed by atoms with E-state index >= 15 is 0 Å². The van der Waals surface area contributed by atoms with E-state index in [1.54, 1.807) is 24.8 Å². The first-order valence-electron chi connectivity index (χ1n) is 3.61. The van der Waals surface area contributed by atoms with Crippen molar-refractivity contribution in [3.8, 4) is 11.9 Å². The fourth-order valence-corrected chi connectivity index (χ4v) is 0.915. The van der Waals surface area contributed by atoms with Crippen molar-refractivity contribution < 1.29 is 0 Å². The Balaban J connectivity index is 2.43. The highest BCUT2D eigenvalue weighted by atomic mass is 15.3. The van der Waals surface area contributed by atoms with Crippen molar-refractivity contribution in [3.05, 3.63) is 36.5 Å². The van der Waals surface area contributed by atoms with Gasteiger partial charge in [0, 0.05) is 12.4 Å². The summed E-state index contributed by atoms with van der Waals surface area (Å²) >= 11 is 0. The van der Waals surface area contributed by atoms with E-state index in [1.807, 2.05) is 6.07 Å². The zero-order valence-corrected chi connectivity index (χ0v) is 6.62. The Bertz CT molecular complexity index is 439. The molecule has 0 aliphatic rings. The summed E-state index contributed by atoms with van der Waals surface area (Å²) in [5.74, 6) is 0.601. The SMILES string of the molecule is N#Cc1cnn(-c2cnccn2)c1. The van der Waals surface area contributed by atoms with E-state index in [2.05, 4.69) is 15.1 Å². The second-order valence-corrected chi connectivity index (χ2v) is 2.35. The summed E-state index contributed by atoms with van der Waals surface area (Å²) in [6.45, 7) is 0. The highest BCUT2D eigenvalue weighted by Gasteiger charge is 1.99. The highest BCUT2D eigenvalue weighted by Crippen LogP contribution is 2.01. The molecule has 0 amide bonds. The lowest BCUT2D eigenvalue weighted by atomic mass is 10.4. The summed E-state index contributed by atoms with van der Waals surface area (Å²) in [5, 5.41) is 12.5. The summed E-state index contributed by atoms with van der Waals surface area (Å²) in [5.41, 5.74) is 0.505. The minimum Gasteiger partial charge on any atom is -0.259 e. The number of nitrogens with zero attached hydrogens (tertiary/aromatic N) is 5. The minimum absolute atomic E-state index is 0.505. The van der Waals surface area contributed by atoms with Crippen molar-refractivity contribution in [3.63, 3.8) is 0 Å². The van der Waals surface area contributed by atoms with Gasteiger partial charge in [-0.15, -0.1) is 0 Å². The Hall–Kier alpha value is -2.22. The number of hydrogen-bond acceptors (Lipinski definition) is 4. The van der Waals surface area contributed by atoms with Gasteiger partial charge in [-0.3, -0.25) is 4.98 Å². The smallest absolute Gasteiger partial charge is 0.171 e. The molecule has 0 aliphatic heterocycles. The molecule has 0 saturated heterocycles. The molecular formula is C8H5N5. The summed E-state index contributed by atoms with van der Waals surface area (Å²) in [4.78, 5) is 7.92. The second-order valence-electron chi connectivity index (χ2n) is 2.35. The van der Waals surface area contributed by atoms with Crippen LogP contribution in [0.5, 0.6) is 0 Å². The van der Waals surface area contributed by atoms with Crippen molar-refractivity contribution >= 4 is 0 Å². The van der Waals surface area contributed by atoms with Gasteiger partial charge in [-0.2, -0.15) is 10.4 Å². The third-order valence-corrected chi connectivity index (χ3v) is 1.50. The number of hydrogen-bond donors (Lipinski definition) is 0. The molecule has 0 fully saturated rings. The van der Waals surface area contributed by atoms with E-state index in [1.165, 1.54) is 10.9 Å². The molecule has 2 aromatic rings. The monoisotopic (exact) mass is 171 g/mol. The van der Waals surface area contributed by atoms with Crippen LogP contribution in [-0.2, 0) is 0 Å². The van der Waals surface area contributed by atoms with Gasteiger partial charge < -0.3 is 0 Å². The Morgan fingerprint density at radius 3 is 2.85 bits per heavy atom. The maximum Gasteiger partial charge on any atom is 0.171 e. The maximum absolute atomic E-state index is 8.56. The summed E-state index contributed by atoms with van der Waals surface area (Å²) in [6.07, 6.45) is 7.81. The van der Waals surface area contributed by atoms with Gasteiger partial charge in [-0.1, -0.05) is 0 Å². The molecule has 5 nitrogen and oxygen atoms in total. The molecule has 0 bridgehead atoms. The van der Waals surface area contributed by atoms with Crippen LogP contribution in [0.1, 0.15) is 5.56 Å². The summed E-state index contributed by atoms with van der Waals surface area (Å²) < 4.78 is 1.51. The molecule has 2 aromatic heterocycles. The van der Waals surface area contributed by atoms with Crippen molar-refractivity contribution in [1.82, 2.24) is 19.7 Å². The molecule has 0 unspecified atom stereocenters. The van der Waals surface area contributed by atoms with Gasteiger partial charge in [0.2, 0.25) is 0 Å². The van der Waals surface area contributed by atoms with Crippen molar-refractivity contribution in [1.29, 1.82) is 5.26 Å². The van der Waals surface area contributed by atoms with Gasteiger partial charge in [-0.05, 0) is 0 Å². The van der Waals surface area contributed by atoms with Gasteiger partial charge in [0.05, 0.1) is 24.2 Å². The first-order chi connectivity index (χ1) is 6.40. The molecule has 2 heterocycles. The normalized spacial score (nSPS) is 9.46. The minimum atomic E-state index is 0.505. The van der Waals surface area contributed by atoms with Crippen LogP contribution in [0.4, 0.5) is 0 Å². The quantitative estimate of drug-likeness (QED) is 0.627. The van der Waals surface area contributed by atoms with Crippen LogP contribution in [0.25, 0.3) is 5.82 Å². The first kappa shape index (κ1) is 7.43. The van der Waals surface area contributed by atoms with Crippen LogP contribution in [0, 0.1) is 11.3 Å². The third-order valence-electron chi connectivity index (χ3n) is 1.50. The number of aromatic nitrogens is 4. The van der Waals surface area contributed by atoms with E-state index < -0.39 is 0 Å². The fourth-order valence-electron chi connectivity index (χ4n) is 0.915. The number of nitriles is 1. The highest BCUT2D eigenvalue weighted by molar-refractivity contribution is 5.26. The van der Waals surface area contributed by atoms with E-state index in [0.717, 1.165) is 0 Å². The van der Waals surface area contributed by atoms with Crippen LogP contribution >= 0.6 is 0 Å². The van der Waals surface area contributed by atoms with Crippen LogP contribution in [0.3, 0.4) is 0 Å². The lowest BCUT2D eigenvalue weighted by molar-refractivity contribution is 0.837. The molecular weight excluding hydrogens is 166 g/mol. The lowest BCUT2D eigenvalue weighted by Gasteiger charge is -1.95. The molecule has 0 N–H and O–H groups in total. The fraction of sp³-hybridized carbons (Fsp3) is 0. The number of rotatable bonds is 1. The third kappa shape index (κ3) is 1.37. The van der Waals surface area contributed by atoms with Crippen molar-refractivity contribution in [2.75, 3.05) is 0 Å². The second kappa shape index (κ2) is 3.03. The van der Waals surface area contributed by atoms with Crippen molar-refractivity contribution in [2.24, 2.45) is 0 Å². The molecule has 0 saturated carbocycles. The summed E-state index contributed by atoms with van der Waals surface area (Å²) in [6, 6.07) is 1.99. The van der Waals surface area contributed by atoms with Crippen LogP contribution in [-0.4, -0.2) is 19.7 Å². The van der Waals surface area contributed by atoms with Crippen LogP contribution in [0.15, 0.2) is 31.0 Å². The lowest BCUT2D eigenvalue weighted by Crippen LogP contribution is -1.97. The van der Waals surface area contributed by atoms with Gasteiger partial charge in [0.25, 0.3) is 0 Å². The first-order valence-corrected chi connectivity index (χ1v) is 3.61. The van der Waals surface area contributed by atoms with E-state index in [9.17, 15) is 0 Å². The predicted molar refractivity (Wildman–Crippen MR) is 43.9 cm³/mol. The predicted octanol–water partition coefficient (Wildman–Crippen LogP) is 0.534. The molecule has 13 heavy (non-hydrogen) atoms. The van der Waals surface area contributed by atoms with Crippen molar-refractivity contribution in [2.45, 2.75) is 0 Å². The van der Waals surface area contributed by atoms with Gasteiger partial charge in [0.15, 0.2) is 5.82 Å². The molecule has 0 aliphatic carbocycles. The standard InChI is InChI=1S/C8H5N5/c9-3-7-4-12-13(6-7)8-5-10-1-2-11-8/h1-2,4-6H. The van der Waals surface area contributed by atoms with E-state index in [0.29, 0.717) is 11.4 Å². The molecule has 5 heteroatoms. The molecule has 0 spiro atoms. The average Bonchev–Trinajstić information content (AvgIpc) is 2.67. The molecule has 0 atom stereocenters. The topological polar surface area (TPSA) is 67.4 Å². The molecule has 2 rings (SSSR count). The largest absolute Gasteiger partial charge is 0.259 e. The average molecular weight is 171 g/mol. The van der Waals surface area contributed by atoms with Crippen LogP contribution in [0.2, 0.25) is 0 Å². The summed E-state index contributed by atoms with van der Waals surface area (Å²) in [7, 11) is 0.